The van der Waals surface area contributed by atoms with Crippen molar-refractivity contribution in [3.05, 3.63) is 65.5 Å². The number of para-hydroxylation sites is 1. The van der Waals surface area contributed by atoms with E-state index in [9.17, 15) is 0 Å². The van der Waals surface area contributed by atoms with Gasteiger partial charge in [0.25, 0.3) is 0 Å². The Morgan fingerprint density at radius 3 is 2.67 bits per heavy atom. The Balaban J connectivity index is 1.81. The third-order valence-electron chi connectivity index (χ3n) is 3.89. The molecular formula is C17H15N3S. The molecule has 0 amide bonds. The monoisotopic (exact) mass is 293 g/mol. The van der Waals surface area contributed by atoms with Crippen molar-refractivity contribution in [3.63, 3.8) is 0 Å². The SMILES string of the molecule is NC1=NCC(c2csc3ccccc23)N1c1ccccc1. The van der Waals surface area contributed by atoms with Crippen molar-refractivity contribution in [2.24, 2.45) is 10.7 Å². The predicted molar refractivity (Wildman–Crippen MR) is 90.0 cm³/mol. The molecule has 2 N–H and O–H groups in total. The first kappa shape index (κ1) is 12.4. The Morgan fingerprint density at radius 1 is 1.05 bits per heavy atom. The molecule has 2 aromatic carbocycles. The van der Waals surface area contributed by atoms with Crippen molar-refractivity contribution in [2.75, 3.05) is 11.4 Å². The van der Waals surface area contributed by atoms with E-state index in [1.807, 2.05) is 18.2 Å². The van der Waals surface area contributed by atoms with Gasteiger partial charge in [-0.25, -0.2) is 0 Å². The zero-order chi connectivity index (χ0) is 14.2. The number of rotatable bonds is 2. The van der Waals surface area contributed by atoms with Crippen molar-refractivity contribution in [2.45, 2.75) is 6.04 Å². The largest absolute Gasteiger partial charge is 0.369 e. The molecule has 3 nitrogen and oxygen atoms in total. The molecule has 1 atom stereocenters. The number of nitrogens with two attached hydrogens (primary N) is 1. The number of benzene rings is 2. The molecule has 0 fully saturated rings. The third-order valence-corrected chi connectivity index (χ3v) is 4.87. The van der Waals surface area contributed by atoms with Gasteiger partial charge in [0.1, 0.15) is 0 Å². The Kier molecular flexibility index (Phi) is 2.89. The smallest absolute Gasteiger partial charge is 0.196 e. The van der Waals surface area contributed by atoms with Gasteiger partial charge >= 0.3 is 0 Å². The Morgan fingerprint density at radius 2 is 1.81 bits per heavy atom. The van der Waals surface area contributed by atoms with Crippen LogP contribution in [0.25, 0.3) is 10.1 Å². The molecule has 2 heterocycles. The van der Waals surface area contributed by atoms with Crippen LogP contribution in [0, 0.1) is 0 Å². The molecule has 0 saturated heterocycles. The molecule has 0 spiro atoms. The van der Waals surface area contributed by atoms with Crippen molar-refractivity contribution < 1.29 is 0 Å². The summed E-state index contributed by atoms with van der Waals surface area (Å²) < 4.78 is 1.31. The van der Waals surface area contributed by atoms with Gasteiger partial charge in [0.15, 0.2) is 5.96 Å². The van der Waals surface area contributed by atoms with Gasteiger partial charge in [-0.1, -0.05) is 36.4 Å². The average molecular weight is 293 g/mol. The van der Waals surface area contributed by atoms with Crippen LogP contribution in [0.4, 0.5) is 5.69 Å². The molecule has 4 heteroatoms. The molecule has 0 aliphatic carbocycles. The standard InChI is InChI=1S/C17H15N3S/c18-17-19-10-15(20(17)12-6-2-1-3-7-12)14-11-21-16-9-5-4-8-13(14)16/h1-9,11,15H,10H2,(H2,18,19). The summed E-state index contributed by atoms with van der Waals surface area (Å²) in [4.78, 5) is 6.60. The highest BCUT2D eigenvalue weighted by atomic mass is 32.1. The summed E-state index contributed by atoms with van der Waals surface area (Å²) in [7, 11) is 0. The zero-order valence-corrected chi connectivity index (χ0v) is 12.3. The van der Waals surface area contributed by atoms with Crippen LogP contribution in [0.5, 0.6) is 0 Å². The molecule has 1 aliphatic rings. The molecule has 1 unspecified atom stereocenters. The highest BCUT2D eigenvalue weighted by Crippen LogP contribution is 2.37. The van der Waals surface area contributed by atoms with E-state index in [0.29, 0.717) is 12.5 Å². The number of anilines is 1. The van der Waals surface area contributed by atoms with E-state index in [1.165, 1.54) is 15.6 Å². The number of thiophene rings is 1. The first-order valence-corrected chi connectivity index (χ1v) is 7.83. The fourth-order valence-electron chi connectivity index (χ4n) is 2.89. The van der Waals surface area contributed by atoms with Crippen LogP contribution in [0.2, 0.25) is 0 Å². The summed E-state index contributed by atoms with van der Waals surface area (Å²) in [6, 6.07) is 18.9. The molecule has 1 aliphatic heterocycles. The van der Waals surface area contributed by atoms with Crippen LogP contribution in [-0.4, -0.2) is 12.5 Å². The van der Waals surface area contributed by atoms with Crippen LogP contribution < -0.4 is 10.6 Å². The van der Waals surface area contributed by atoms with Crippen LogP contribution in [0.1, 0.15) is 11.6 Å². The summed E-state index contributed by atoms with van der Waals surface area (Å²) >= 11 is 1.78. The first-order chi connectivity index (χ1) is 10.3. The number of fused-ring (bicyclic) bond motifs is 1. The van der Waals surface area contributed by atoms with Crippen LogP contribution in [0.15, 0.2) is 65.0 Å². The van der Waals surface area contributed by atoms with Crippen LogP contribution in [0.3, 0.4) is 0 Å². The first-order valence-electron chi connectivity index (χ1n) is 6.95. The van der Waals surface area contributed by atoms with E-state index in [-0.39, 0.29) is 6.04 Å². The zero-order valence-electron chi connectivity index (χ0n) is 11.4. The summed E-state index contributed by atoms with van der Waals surface area (Å²) in [6.07, 6.45) is 0. The molecule has 1 aromatic heterocycles. The maximum atomic E-state index is 6.13. The molecule has 0 saturated carbocycles. The van der Waals surface area contributed by atoms with E-state index in [0.717, 1.165) is 5.69 Å². The molecule has 4 rings (SSSR count). The van der Waals surface area contributed by atoms with E-state index in [4.69, 9.17) is 5.73 Å². The number of hydrogen-bond donors (Lipinski definition) is 1. The van der Waals surface area contributed by atoms with Gasteiger partial charge in [-0.2, -0.15) is 0 Å². The lowest BCUT2D eigenvalue weighted by molar-refractivity contribution is 0.778. The van der Waals surface area contributed by atoms with Gasteiger partial charge in [-0.15, -0.1) is 11.3 Å². The van der Waals surface area contributed by atoms with Gasteiger partial charge in [0, 0.05) is 10.4 Å². The van der Waals surface area contributed by atoms with Gasteiger partial charge < -0.3 is 10.6 Å². The lowest BCUT2D eigenvalue weighted by Gasteiger charge is -2.26. The maximum absolute atomic E-state index is 6.13. The minimum absolute atomic E-state index is 0.184. The van der Waals surface area contributed by atoms with Crippen molar-refractivity contribution in [1.29, 1.82) is 0 Å². The fraction of sp³-hybridized carbons (Fsp3) is 0.118. The average Bonchev–Trinajstić information content (AvgIpc) is 3.11. The summed E-state index contributed by atoms with van der Waals surface area (Å²) in [5.74, 6) is 0.599. The summed E-state index contributed by atoms with van der Waals surface area (Å²) in [5, 5.41) is 3.54. The van der Waals surface area contributed by atoms with Gasteiger partial charge in [0.05, 0.1) is 12.6 Å². The van der Waals surface area contributed by atoms with Gasteiger partial charge in [-0.3, -0.25) is 4.99 Å². The topological polar surface area (TPSA) is 41.6 Å². The highest BCUT2D eigenvalue weighted by Gasteiger charge is 2.30. The third kappa shape index (κ3) is 1.99. The Labute approximate surface area is 127 Å². The summed E-state index contributed by atoms with van der Waals surface area (Å²) in [5.41, 5.74) is 8.53. The number of nitrogens with zero attached hydrogens (tertiary/aromatic N) is 2. The highest BCUT2D eigenvalue weighted by molar-refractivity contribution is 7.17. The van der Waals surface area contributed by atoms with Crippen molar-refractivity contribution >= 4 is 33.1 Å². The molecule has 0 bridgehead atoms. The number of guanidine groups is 1. The second-order valence-electron chi connectivity index (χ2n) is 5.11. The minimum Gasteiger partial charge on any atom is -0.369 e. The van der Waals surface area contributed by atoms with Crippen LogP contribution >= 0.6 is 11.3 Å². The summed E-state index contributed by atoms with van der Waals surface area (Å²) in [6.45, 7) is 0.710. The number of aliphatic imine (C=N–C) groups is 1. The van der Waals surface area contributed by atoms with E-state index >= 15 is 0 Å². The second-order valence-corrected chi connectivity index (χ2v) is 6.02. The molecular weight excluding hydrogens is 278 g/mol. The lowest BCUT2D eigenvalue weighted by Crippen LogP contribution is -2.35. The normalized spacial score (nSPS) is 18.2. The lowest BCUT2D eigenvalue weighted by atomic mass is 10.0. The van der Waals surface area contributed by atoms with Gasteiger partial charge in [-0.05, 0) is 34.5 Å². The quantitative estimate of drug-likeness (QED) is 0.781. The molecule has 104 valence electrons. The number of hydrogen-bond acceptors (Lipinski definition) is 4. The molecule has 0 radical (unpaired) electrons. The van der Waals surface area contributed by atoms with Gasteiger partial charge in [0.2, 0.25) is 0 Å². The second kappa shape index (κ2) is 4.90. The minimum atomic E-state index is 0.184. The predicted octanol–water partition coefficient (Wildman–Crippen LogP) is 3.78. The van der Waals surface area contributed by atoms with E-state index < -0.39 is 0 Å². The fourth-order valence-corrected chi connectivity index (χ4v) is 3.90. The van der Waals surface area contributed by atoms with Crippen molar-refractivity contribution in [3.8, 4) is 0 Å². The van der Waals surface area contributed by atoms with E-state index in [2.05, 4.69) is 51.7 Å². The van der Waals surface area contributed by atoms with Crippen molar-refractivity contribution in [1.82, 2.24) is 0 Å². The van der Waals surface area contributed by atoms with Crippen LogP contribution in [-0.2, 0) is 0 Å². The molecule has 3 aromatic rings. The maximum Gasteiger partial charge on any atom is 0.196 e. The van der Waals surface area contributed by atoms with E-state index in [1.54, 1.807) is 11.3 Å². The molecule has 21 heavy (non-hydrogen) atoms. The Hall–Kier alpha value is -2.33. The Bertz CT molecular complexity index is 807.